The highest BCUT2D eigenvalue weighted by molar-refractivity contribution is 6.06. The van der Waals surface area contributed by atoms with Crippen LogP contribution >= 0.6 is 0 Å². The van der Waals surface area contributed by atoms with E-state index in [9.17, 15) is 0 Å². The molecule has 0 saturated heterocycles. The van der Waals surface area contributed by atoms with Crippen molar-refractivity contribution in [3.63, 3.8) is 0 Å². The van der Waals surface area contributed by atoms with Crippen molar-refractivity contribution in [3.8, 4) is 0 Å². The molecule has 0 aliphatic carbocycles. The number of hydrogen-bond donors (Lipinski definition) is 2. The molecular weight excluding hydrogens is 404 g/mol. The summed E-state index contributed by atoms with van der Waals surface area (Å²) in [5, 5.41) is 9.61. The molecule has 3 heterocycles. The Morgan fingerprint density at radius 1 is 0.818 bits per heavy atom. The predicted molar refractivity (Wildman–Crippen MR) is 137 cm³/mol. The summed E-state index contributed by atoms with van der Waals surface area (Å²) in [4.78, 5) is 0. The number of nitrogens with one attached hydrogen (secondary N) is 2. The Morgan fingerprint density at radius 3 is 2.61 bits per heavy atom. The molecule has 162 valence electrons. The minimum absolute atomic E-state index is 0.453. The van der Waals surface area contributed by atoms with Gasteiger partial charge in [0, 0.05) is 34.1 Å². The summed E-state index contributed by atoms with van der Waals surface area (Å²) < 4.78 is 6.45. The van der Waals surface area contributed by atoms with Crippen LogP contribution in [0.5, 0.6) is 0 Å². The third kappa shape index (κ3) is 3.20. The van der Waals surface area contributed by atoms with Crippen LogP contribution in [0.3, 0.4) is 0 Å². The molecule has 1 atom stereocenters. The van der Waals surface area contributed by atoms with Crippen LogP contribution < -0.4 is 10.6 Å². The fraction of sp³-hybridized carbons (Fsp3) is 0.133. The lowest BCUT2D eigenvalue weighted by atomic mass is 9.78. The van der Waals surface area contributed by atoms with Crippen LogP contribution in [0.1, 0.15) is 29.2 Å². The molecule has 0 unspecified atom stereocenters. The largest absolute Gasteiger partial charge is 0.456 e. The fourth-order valence-electron chi connectivity index (χ4n) is 5.15. The Hall–Kier alpha value is -3.98. The molecule has 2 aliphatic heterocycles. The third-order valence-electron chi connectivity index (χ3n) is 6.79. The zero-order chi connectivity index (χ0) is 22.3. The van der Waals surface area contributed by atoms with E-state index in [1.54, 1.807) is 0 Å². The van der Waals surface area contributed by atoms with Crippen LogP contribution in [-0.4, -0.2) is 6.54 Å². The molecule has 2 N–H and O–H groups in total. The minimum atomic E-state index is -0.453. The van der Waals surface area contributed by atoms with Gasteiger partial charge in [0.15, 0.2) is 0 Å². The van der Waals surface area contributed by atoms with Crippen LogP contribution in [0.15, 0.2) is 108 Å². The lowest BCUT2D eigenvalue weighted by Crippen LogP contribution is -2.39. The van der Waals surface area contributed by atoms with E-state index < -0.39 is 5.54 Å². The molecule has 0 saturated carbocycles. The summed E-state index contributed by atoms with van der Waals surface area (Å²) in [5.74, 6) is 0. The van der Waals surface area contributed by atoms with Crippen molar-refractivity contribution in [2.75, 3.05) is 6.54 Å². The van der Waals surface area contributed by atoms with Crippen LogP contribution in [0.4, 0.5) is 0 Å². The van der Waals surface area contributed by atoms with E-state index in [0.29, 0.717) is 0 Å². The predicted octanol–water partition coefficient (Wildman–Crippen LogP) is 6.57. The Labute approximate surface area is 193 Å². The highest BCUT2D eigenvalue weighted by Crippen LogP contribution is 2.41. The van der Waals surface area contributed by atoms with Gasteiger partial charge in [-0.25, -0.2) is 0 Å². The molecule has 3 aromatic carbocycles. The van der Waals surface area contributed by atoms with E-state index in [1.165, 1.54) is 27.6 Å². The van der Waals surface area contributed by atoms with Crippen molar-refractivity contribution in [2.45, 2.75) is 18.9 Å². The Balaban J connectivity index is 1.64. The number of allylic oxidation sites excluding steroid dienone is 5. The second-order valence-corrected chi connectivity index (χ2v) is 8.76. The van der Waals surface area contributed by atoms with E-state index in [1.807, 2.05) is 12.3 Å². The molecule has 4 aromatic rings. The van der Waals surface area contributed by atoms with Crippen molar-refractivity contribution in [2.24, 2.45) is 0 Å². The molecule has 0 amide bonds. The first kappa shape index (κ1) is 19.7. The zero-order valence-corrected chi connectivity index (χ0v) is 18.6. The van der Waals surface area contributed by atoms with Crippen LogP contribution in [0, 0.1) is 0 Å². The number of furan rings is 1. The van der Waals surface area contributed by atoms with Gasteiger partial charge in [0.2, 0.25) is 0 Å². The SMILES string of the molecule is C[C@@]1(c2ccccc2C2=CC=CCN2)N/C=C\C=C/Cc2c1ccc1c2oc2ccccc21. The molecule has 2 aliphatic rings. The van der Waals surface area contributed by atoms with Crippen molar-refractivity contribution in [1.29, 1.82) is 0 Å². The maximum absolute atomic E-state index is 6.45. The molecule has 6 rings (SSSR count). The summed E-state index contributed by atoms with van der Waals surface area (Å²) in [5.41, 5.74) is 7.47. The average molecular weight is 431 g/mol. The smallest absolute Gasteiger partial charge is 0.139 e. The molecule has 3 heteroatoms. The first-order valence-corrected chi connectivity index (χ1v) is 11.5. The average Bonchev–Trinajstić information content (AvgIpc) is 3.28. The highest BCUT2D eigenvalue weighted by Gasteiger charge is 2.34. The van der Waals surface area contributed by atoms with Gasteiger partial charge in [-0.2, -0.15) is 0 Å². The highest BCUT2D eigenvalue weighted by atomic mass is 16.3. The normalized spacial score (nSPS) is 21.8. The number of fused-ring (bicyclic) bond motifs is 5. The third-order valence-corrected chi connectivity index (χ3v) is 6.79. The van der Waals surface area contributed by atoms with Crippen molar-refractivity contribution in [3.05, 3.63) is 126 Å². The van der Waals surface area contributed by atoms with Gasteiger partial charge in [-0.05, 0) is 48.9 Å². The Morgan fingerprint density at radius 2 is 1.70 bits per heavy atom. The second-order valence-electron chi connectivity index (χ2n) is 8.76. The standard InChI is InChI=1S/C30H26N2O/c1-30(25-14-6-4-12-23(25)27-15-8-10-19-31-27)26-18-17-22-21-11-5-7-16-28(21)33-29(22)24(26)13-3-2-9-20-32-30/h2-12,14-18,20,31-32H,13,19H2,1H3/b3-2-,20-9-/t30-/m0/s1. The molecule has 0 bridgehead atoms. The lowest BCUT2D eigenvalue weighted by Gasteiger charge is -2.35. The lowest BCUT2D eigenvalue weighted by molar-refractivity contribution is 0.502. The topological polar surface area (TPSA) is 37.2 Å². The van der Waals surface area contributed by atoms with Crippen molar-refractivity contribution < 1.29 is 4.42 Å². The maximum atomic E-state index is 6.45. The van der Waals surface area contributed by atoms with Gasteiger partial charge in [-0.1, -0.05) is 78.9 Å². The van der Waals surface area contributed by atoms with E-state index in [0.717, 1.165) is 35.2 Å². The molecule has 33 heavy (non-hydrogen) atoms. The maximum Gasteiger partial charge on any atom is 0.139 e. The summed E-state index contributed by atoms with van der Waals surface area (Å²) in [6, 6.07) is 21.5. The van der Waals surface area contributed by atoms with Gasteiger partial charge in [-0.15, -0.1) is 0 Å². The number of hydrogen-bond acceptors (Lipinski definition) is 3. The van der Waals surface area contributed by atoms with Crippen molar-refractivity contribution in [1.82, 2.24) is 10.6 Å². The van der Waals surface area contributed by atoms with Gasteiger partial charge in [0.1, 0.15) is 11.2 Å². The van der Waals surface area contributed by atoms with E-state index in [-0.39, 0.29) is 0 Å². The van der Waals surface area contributed by atoms with Gasteiger partial charge < -0.3 is 15.1 Å². The Kier molecular flexibility index (Phi) is 4.69. The van der Waals surface area contributed by atoms with Gasteiger partial charge in [0.05, 0.1) is 5.54 Å². The minimum Gasteiger partial charge on any atom is -0.456 e. The van der Waals surface area contributed by atoms with Crippen LogP contribution in [0.25, 0.3) is 27.6 Å². The van der Waals surface area contributed by atoms with Crippen molar-refractivity contribution >= 4 is 27.6 Å². The zero-order valence-electron chi connectivity index (χ0n) is 18.6. The first-order chi connectivity index (χ1) is 16.3. The molecule has 1 aromatic heterocycles. The van der Waals surface area contributed by atoms with E-state index in [4.69, 9.17) is 4.42 Å². The van der Waals surface area contributed by atoms with Gasteiger partial charge in [0.25, 0.3) is 0 Å². The fourth-order valence-corrected chi connectivity index (χ4v) is 5.15. The van der Waals surface area contributed by atoms with E-state index in [2.05, 4.69) is 109 Å². The molecule has 0 radical (unpaired) electrons. The molecular formula is C30H26N2O. The van der Waals surface area contributed by atoms with Gasteiger partial charge in [-0.3, -0.25) is 0 Å². The van der Waals surface area contributed by atoms with Gasteiger partial charge >= 0.3 is 0 Å². The summed E-state index contributed by atoms with van der Waals surface area (Å²) in [7, 11) is 0. The summed E-state index contributed by atoms with van der Waals surface area (Å²) in [6.45, 7) is 3.11. The van der Waals surface area contributed by atoms with Crippen LogP contribution in [-0.2, 0) is 12.0 Å². The Bertz CT molecular complexity index is 1480. The number of para-hydroxylation sites is 1. The quantitative estimate of drug-likeness (QED) is 0.378. The second kappa shape index (κ2) is 7.86. The molecule has 0 spiro atoms. The molecule has 3 nitrogen and oxygen atoms in total. The number of benzene rings is 3. The first-order valence-electron chi connectivity index (χ1n) is 11.5. The van der Waals surface area contributed by atoms with E-state index >= 15 is 0 Å². The summed E-state index contributed by atoms with van der Waals surface area (Å²) in [6.07, 6.45) is 15.6. The summed E-state index contributed by atoms with van der Waals surface area (Å²) >= 11 is 0. The number of rotatable bonds is 2. The monoisotopic (exact) mass is 430 g/mol. The van der Waals surface area contributed by atoms with Crippen LogP contribution in [0.2, 0.25) is 0 Å². The molecule has 0 fully saturated rings. The number of dihydropyridines is 1.